The summed E-state index contributed by atoms with van der Waals surface area (Å²) in [6.07, 6.45) is 5.56. The molecule has 2 N–H and O–H groups in total. The van der Waals surface area contributed by atoms with Gasteiger partial charge in [0.15, 0.2) is 0 Å². The molecule has 1 aliphatic rings. The van der Waals surface area contributed by atoms with Gasteiger partial charge < -0.3 is 5.73 Å². The lowest BCUT2D eigenvalue weighted by Gasteiger charge is -2.28. The topological polar surface area (TPSA) is 26.0 Å². The zero-order valence-electron chi connectivity index (χ0n) is 8.25. The Kier molecular flexibility index (Phi) is 4.44. The number of hydrogen-bond acceptors (Lipinski definition) is 2. The van der Waals surface area contributed by atoms with Gasteiger partial charge in [-0.2, -0.15) is 11.8 Å². The Hall–Kier alpha value is 0.310. The van der Waals surface area contributed by atoms with E-state index in [1.54, 1.807) is 0 Å². The summed E-state index contributed by atoms with van der Waals surface area (Å²) in [7, 11) is 0. The van der Waals surface area contributed by atoms with E-state index in [0.29, 0.717) is 6.04 Å². The summed E-state index contributed by atoms with van der Waals surface area (Å²) in [4.78, 5) is 0. The average molecular weight is 187 g/mol. The smallest absolute Gasteiger partial charge is 0.0133 e. The van der Waals surface area contributed by atoms with Crippen LogP contribution in [-0.4, -0.2) is 17.0 Å². The van der Waals surface area contributed by atoms with Crippen molar-refractivity contribution in [1.82, 2.24) is 0 Å². The van der Waals surface area contributed by atoms with Gasteiger partial charge in [-0.15, -0.1) is 0 Å². The molecule has 0 aromatic carbocycles. The molecule has 1 rings (SSSR count). The lowest BCUT2D eigenvalue weighted by atomic mass is 9.81. The van der Waals surface area contributed by atoms with Crippen LogP contribution in [0.3, 0.4) is 0 Å². The van der Waals surface area contributed by atoms with Gasteiger partial charge in [-0.3, -0.25) is 0 Å². The highest BCUT2D eigenvalue weighted by Gasteiger charge is 2.20. The van der Waals surface area contributed by atoms with Crippen molar-refractivity contribution in [3.05, 3.63) is 0 Å². The monoisotopic (exact) mass is 187 g/mol. The summed E-state index contributed by atoms with van der Waals surface area (Å²) in [6.45, 7) is 4.47. The van der Waals surface area contributed by atoms with Gasteiger partial charge in [0.2, 0.25) is 0 Å². The molecule has 12 heavy (non-hydrogen) atoms. The minimum atomic E-state index is 0.447. The van der Waals surface area contributed by atoms with E-state index in [1.807, 2.05) is 11.8 Å². The zero-order chi connectivity index (χ0) is 8.97. The summed E-state index contributed by atoms with van der Waals surface area (Å²) in [6, 6.07) is 0.447. The van der Waals surface area contributed by atoms with E-state index in [4.69, 9.17) is 5.73 Å². The quantitative estimate of drug-likeness (QED) is 0.716. The molecule has 1 saturated carbocycles. The third-order valence-corrected chi connectivity index (χ3v) is 3.79. The molecule has 0 aromatic rings. The minimum absolute atomic E-state index is 0.447. The van der Waals surface area contributed by atoms with Crippen LogP contribution in [-0.2, 0) is 0 Å². The molecule has 1 unspecified atom stereocenters. The molecule has 0 saturated heterocycles. The Labute approximate surface area is 80.5 Å². The predicted octanol–water partition coefficient (Wildman–Crippen LogP) is 2.65. The highest BCUT2D eigenvalue weighted by molar-refractivity contribution is 7.99. The molecule has 0 aliphatic heterocycles. The molecule has 1 fully saturated rings. The number of nitrogens with two attached hydrogens (primary N) is 1. The summed E-state index contributed by atoms with van der Waals surface area (Å²) >= 11 is 1.99. The van der Waals surface area contributed by atoms with E-state index in [0.717, 1.165) is 16.9 Å². The van der Waals surface area contributed by atoms with Crippen molar-refractivity contribution in [3.63, 3.8) is 0 Å². The first-order valence-electron chi connectivity index (χ1n) is 5.05. The zero-order valence-corrected chi connectivity index (χ0v) is 9.07. The van der Waals surface area contributed by atoms with Crippen molar-refractivity contribution in [3.8, 4) is 0 Å². The van der Waals surface area contributed by atoms with Crippen LogP contribution in [0.25, 0.3) is 0 Å². The third kappa shape index (κ3) is 3.81. The van der Waals surface area contributed by atoms with Crippen molar-refractivity contribution >= 4 is 11.8 Å². The van der Waals surface area contributed by atoms with Gasteiger partial charge in [-0.1, -0.05) is 33.1 Å². The Morgan fingerprint density at radius 2 is 2.08 bits per heavy atom. The summed E-state index contributed by atoms with van der Waals surface area (Å²) in [5, 5.41) is 0.734. The molecule has 1 atom stereocenters. The largest absolute Gasteiger partial charge is 0.327 e. The molecule has 1 nitrogen and oxygen atoms in total. The Morgan fingerprint density at radius 3 is 2.50 bits per heavy atom. The van der Waals surface area contributed by atoms with Crippen molar-refractivity contribution in [2.24, 2.45) is 11.7 Å². The van der Waals surface area contributed by atoms with Gasteiger partial charge in [0.25, 0.3) is 0 Å². The van der Waals surface area contributed by atoms with E-state index in [-0.39, 0.29) is 0 Å². The second-order valence-corrected chi connectivity index (χ2v) is 5.78. The van der Waals surface area contributed by atoms with Gasteiger partial charge >= 0.3 is 0 Å². The predicted molar refractivity (Wildman–Crippen MR) is 57.5 cm³/mol. The fourth-order valence-corrected chi connectivity index (χ4v) is 2.31. The lowest BCUT2D eigenvalue weighted by molar-refractivity contribution is 0.282. The van der Waals surface area contributed by atoms with Crippen molar-refractivity contribution in [2.45, 2.75) is 50.8 Å². The fraction of sp³-hybridized carbons (Fsp3) is 1.00. The molecule has 0 radical (unpaired) electrons. The molecular weight excluding hydrogens is 166 g/mol. The molecule has 0 amide bonds. The summed E-state index contributed by atoms with van der Waals surface area (Å²) in [5.74, 6) is 2.11. The van der Waals surface area contributed by atoms with Crippen LogP contribution in [0.4, 0.5) is 0 Å². The SMILES string of the molecule is CC(C)SCC(N)CC1CCC1. The van der Waals surface area contributed by atoms with Crippen LogP contribution in [0.15, 0.2) is 0 Å². The fourth-order valence-electron chi connectivity index (χ4n) is 1.54. The van der Waals surface area contributed by atoms with Gasteiger partial charge in [0.1, 0.15) is 0 Å². The van der Waals surface area contributed by atoms with Crippen LogP contribution in [0.2, 0.25) is 0 Å². The van der Waals surface area contributed by atoms with E-state index in [2.05, 4.69) is 13.8 Å². The van der Waals surface area contributed by atoms with Gasteiger partial charge in [-0.25, -0.2) is 0 Å². The average Bonchev–Trinajstić information content (AvgIpc) is 1.93. The first-order chi connectivity index (χ1) is 5.68. The molecule has 0 heterocycles. The Balaban J connectivity index is 1.98. The molecule has 72 valence electrons. The van der Waals surface area contributed by atoms with E-state index in [9.17, 15) is 0 Å². The number of thioether (sulfide) groups is 1. The molecule has 0 bridgehead atoms. The molecule has 0 spiro atoms. The highest BCUT2D eigenvalue weighted by atomic mass is 32.2. The summed E-state index contributed by atoms with van der Waals surface area (Å²) < 4.78 is 0. The van der Waals surface area contributed by atoms with E-state index in [1.165, 1.54) is 25.7 Å². The maximum atomic E-state index is 6.01. The lowest BCUT2D eigenvalue weighted by Crippen LogP contribution is -2.29. The standard InChI is InChI=1S/C10H21NS/c1-8(2)12-7-10(11)6-9-4-3-5-9/h8-10H,3-7,11H2,1-2H3. The first-order valence-corrected chi connectivity index (χ1v) is 6.10. The Morgan fingerprint density at radius 1 is 1.42 bits per heavy atom. The molecule has 0 aromatic heterocycles. The van der Waals surface area contributed by atoms with E-state index < -0.39 is 0 Å². The minimum Gasteiger partial charge on any atom is -0.327 e. The normalized spacial score (nSPS) is 21.0. The second-order valence-electron chi connectivity index (χ2n) is 4.17. The van der Waals surface area contributed by atoms with Crippen molar-refractivity contribution < 1.29 is 0 Å². The van der Waals surface area contributed by atoms with Crippen LogP contribution in [0, 0.1) is 5.92 Å². The highest BCUT2D eigenvalue weighted by Crippen LogP contribution is 2.30. The van der Waals surface area contributed by atoms with Crippen LogP contribution < -0.4 is 5.73 Å². The maximum absolute atomic E-state index is 6.01. The van der Waals surface area contributed by atoms with Crippen LogP contribution in [0.1, 0.15) is 39.5 Å². The second kappa shape index (κ2) is 5.13. The maximum Gasteiger partial charge on any atom is 0.0133 e. The van der Waals surface area contributed by atoms with Gasteiger partial charge in [-0.05, 0) is 17.6 Å². The number of rotatable bonds is 5. The molecule has 1 aliphatic carbocycles. The Bertz CT molecular complexity index is 121. The summed E-state index contributed by atoms with van der Waals surface area (Å²) in [5.41, 5.74) is 6.01. The third-order valence-electron chi connectivity index (χ3n) is 2.50. The van der Waals surface area contributed by atoms with Crippen LogP contribution >= 0.6 is 11.8 Å². The van der Waals surface area contributed by atoms with E-state index >= 15 is 0 Å². The van der Waals surface area contributed by atoms with Gasteiger partial charge in [0, 0.05) is 11.8 Å². The molecular formula is C10H21NS. The van der Waals surface area contributed by atoms with Crippen molar-refractivity contribution in [1.29, 1.82) is 0 Å². The van der Waals surface area contributed by atoms with Gasteiger partial charge in [0.05, 0.1) is 0 Å². The number of hydrogen-bond donors (Lipinski definition) is 1. The molecule has 2 heteroatoms. The van der Waals surface area contributed by atoms with Crippen LogP contribution in [0.5, 0.6) is 0 Å². The first kappa shape index (κ1) is 10.4. The van der Waals surface area contributed by atoms with Crippen molar-refractivity contribution in [2.75, 3.05) is 5.75 Å².